The number of ether oxygens (including phenoxy) is 2. The molecule has 0 aliphatic heterocycles. The van der Waals surface area contributed by atoms with Gasteiger partial charge < -0.3 is 14.8 Å². The van der Waals surface area contributed by atoms with Gasteiger partial charge in [0.05, 0.1) is 12.1 Å². The van der Waals surface area contributed by atoms with Crippen molar-refractivity contribution in [2.75, 3.05) is 13.2 Å². The van der Waals surface area contributed by atoms with Crippen molar-refractivity contribution >= 4 is 11.9 Å². The van der Waals surface area contributed by atoms with Gasteiger partial charge in [0.2, 0.25) is 0 Å². The highest BCUT2D eigenvalue weighted by Crippen LogP contribution is 2.12. The normalized spacial score (nSPS) is 11.4. The zero-order chi connectivity index (χ0) is 17.2. The molecule has 0 bridgehead atoms. The van der Waals surface area contributed by atoms with Crippen molar-refractivity contribution in [2.45, 2.75) is 19.4 Å². The van der Waals surface area contributed by atoms with Gasteiger partial charge >= 0.3 is 5.97 Å². The van der Waals surface area contributed by atoms with E-state index in [0.29, 0.717) is 17.7 Å². The van der Waals surface area contributed by atoms with Gasteiger partial charge in [-0.15, -0.1) is 0 Å². The summed E-state index contributed by atoms with van der Waals surface area (Å²) in [5.41, 5.74) is 0.377. The number of nitrogens with one attached hydrogen (secondary N) is 1. The number of nitrogens with zero attached hydrogens (tertiary/aromatic N) is 1. The van der Waals surface area contributed by atoms with E-state index in [1.807, 2.05) is 25.1 Å². The Morgan fingerprint density at radius 2 is 1.96 bits per heavy atom. The van der Waals surface area contributed by atoms with Gasteiger partial charge in [-0.2, -0.15) is 0 Å². The fraction of sp³-hybridized carbons (Fsp3) is 0.278. The summed E-state index contributed by atoms with van der Waals surface area (Å²) in [5.74, 6) is -0.0637. The summed E-state index contributed by atoms with van der Waals surface area (Å²) < 4.78 is 10.7. The Balaban J connectivity index is 1.72. The molecule has 126 valence electrons. The number of benzene rings is 1. The SMILES string of the molecule is CCC(Oc1ccccc1)C(=O)NCCOC(=O)c1cccnc1. The first-order valence-corrected chi connectivity index (χ1v) is 7.77. The molecule has 0 aliphatic rings. The summed E-state index contributed by atoms with van der Waals surface area (Å²) in [4.78, 5) is 27.7. The summed E-state index contributed by atoms with van der Waals surface area (Å²) in [6.07, 6.45) is 2.97. The second-order valence-electron chi connectivity index (χ2n) is 5.00. The van der Waals surface area contributed by atoms with Crippen LogP contribution in [0.15, 0.2) is 54.9 Å². The number of amides is 1. The highest BCUT2D eigenvalue weighted by atomic mass is 16.5. The van der Waals surface area contributed by atoms with Crippen molar-refractivity contribution in [3.63, 3.8) is 0 Å². The van der Waals surface area contributed by atoms with Gasteiger partial charge in [-0.1, -0.05) is 25.1 Å². The average Bonchev–Trinajstić information content (AvgIpc) is 2.64. The van der Waals surface area contributed by atoms with Crippen LogP contribution in [0.5, 0.6) is 5.75 Å². The van der Waals surface area contributed by atoms with Crippen LogP contribution in [-0.4, -0.2) is 36.1 Å². The van der Waals surface area contributed by atoms with Crippen LogP contribution in [0.3, 0.4) is 0 Å². The van der Waals surface area contributed by atoms with Crippen molar-refractivity contribution in [1.29, 1.82) is 0 Å². The Morgan fingerprint density at radius 1 is 1.17 bits per heavy atom. The van der Waals surface area contributed by atoms with Gasteiger partial charge in [0.25, 0.3) is 5.91 Å². The molecule has 0 aliphatic carbocycles. The minimum absolute atomic E-state index is 0.0846. The first-order chi connectivity index (χ1) is 11.7. The van der Waals surface area contributed by atoms with E-state index in [-0.39, 0.29) is 19.1 Å². The van der Waals surface area contributed by atoms with E-state index < -0.39 is 12.1 Å². The summed E-state index contributed by atoms with van der Waals surface area (Å²) in [5, 5.41) is 2.70. The third kappa shape index (κ3) is 5.39. The molecule has 2 aromatic rings. The van der Waals surface area contributed by atoms with Gasteiger partial charge in [-0.3, -0.25) is 9.78 Å². The highest BCUT2D eigenvalue weighted by molar-refractivity contribution is 5.88. The molecule has 1 unspecified atom stereocenters. The quantitative estimate of drug-likeness (QED) is 0.594. The molecule has 0 radical (unpaired) electrons. The van der Waals surface area contributed by atoms with E-state index in [1.54, 1.807) is 30.5 Å². The van der Waals surface area contributed by atoms with Gasteiger partial charge in [-0.25, -0.2) is 4.79 Å². The highest BCUT2D eigenvalue weighted by Gasteiger charge is 2.18. The van der Waals surface area contributed by atoms with Crippen molar-refractivity contribution in [1.82, 2.24) is 10.3 Å². The van der Waals surface area contributed by atoms with Gasteiger partial charge in [-0.05, 0) is 30.7 Å². The molecule has 1 aromatic heterocycles. The number of aromatic nitrogens is 1. The molecule has 0 saturated heterocycles. The zero-order valence-electron chi connectivity index (χ0n) is 13.5. The molecule has 2 rings (SSSR count). The van der Waals surface area contributed by atoms with Crippen molar-refractivity contribution < 1.29 is 19.1 Å². The molecule has 1 atom stereocenters. The van der Waals surface area contributed by atoms with Crippen molar-refractivity contribution in [2.24, 2.45) is 0 Å². The standard InChI is InChI=1S/C18H20N2O4/c1-2-16(24-15-8-4-3-5-9-15)17(21)20-11-12-23-18(22)14-7-6-10-19-13-14/h3-10,13,16H,2,11-12H2,1H3,(H,20,21). The molecule has 0 saturated carbocycles. The van der Waals surface area contributed by atoms with Gasteiger partial charge in [0.15, 0.2) is 6.10 Å². The largest absolute Gasteiger partial charge is 0.481 e. The van der Waals surface area contributed by atoms with Gasteiger partial charge in [0.1, 0.15) is 12.4 Å². The molecular weight excluding hydrogens is 308 g/mol. The lowest BCUT2D eigenvalue weighted by Crippen LogP contribution is -2.39. The van der Waals surface area contributed by atoms with E-state index in [4.69, 9.17) is 9.47 Å². The van der Waals surface area contributed by atoms with Crippen LogP contribution in [0, 0.1) is 0 Å². The van der Waals surface area contributed by atoms with Crippen molar-refractivity contribution in [3.8, 4) is 5.75 Å². The number of para-hydroxylation sites is 1. The molecule has 0 spiro atoms. The van der Waals surface area contributed by atoms with Crippen molar-refractivity contribution in [3.05, 3.63) is 60.4 Å². The fourth-order valence-corrected chi connectivity index (χ4v) is 1.98. The first kappa shape index (κ1) is 17.5. The summed E-state index contributed by atoms with van der Waals surface area (Å²) in [7, 11) is 0. The topological polar surface area (TPSA) is 77.5 Å². The molecule has 0 fully saturated rings. The molecule has 6 heteroatoms. The van der Waals surface area contributed by atoms with Crippen LogP contribution in [0.2, 0.25) is 0 Å². The lowest BCUT2D eigenvalue weighted by molar-refractivity contribution is -0.128. The predicted molar refractivity (Wildman–Crippen MR) is 88.7 cm³/mol. The zero-order valence-corrected chi connectivity index (χ0v) is 13.5. The monoisotopic (exact) mass is 328 g/mol. The van der Waals surface area contributed by atoms with Crippen LogP contribution in [0.4, 0.5) is 0 Å². The number of rotatable bonds is 8. The third-order valence-electron chi connectivity index (χ3n) is 3.22. The Kier molecular flexibility index (Phi) is 6.76. The number of carbonyl (C=O) groups excluding carboxylic acids is 2. The summed E-state index contributed by atoms with van der Waals surface area (Å²) >= 11 is 0. The molecule has 1 N–H and O–H groups in total. The molecule has 1 amide bonds. The van der Waals surface area contributed by atoms with Crippen LogP contribution in [0.25, 0.3) is 0 Å². The lowest BCUT2D eigenvalue weighted by atomic mass is 10.2. The minimum Gasteiger partial charge on any atom is -0.481 e. The number of carbonyl (C=O) groups is 2. The summed E-state index contributed by atoms with van der Waals surface area (Å²) in [6, 6.07) is 12.4. The summed E-state index contributed by atoms with van der Waals surface area (Å²) in [6.45, 7) is 2.18. The maximum Gasteiger partial charge on any atom is 0.339 e. The number of pyridine rings is 1. The lowest BCUT2D eigenvalue weighted by Gasteiger charge is -2.17. The molecule has 6 nitrogen and oxygen atoms in total. The Morgan fingerprint density at radius 3 is 2.62 bits per heavy atom. The second-order valence-corrected chi connectivity index (χ2v) is 5.00. The Labute approximate surface area is 140 Å². The van der Waals surface area contributed by atoms with E-state index in [2.05, 4.69) is 10.3 Å². The molecular formula is C18H20N2O4. The molecule has 24 heavy (non-hydrogen) atoms. The molecule has 1 heterocycles. The number of esters is 1. The number of hydrogen-bond acceptors (Lipinski definition) is 5. The van der Waals surface area contributed by atoms with Gasteiger partial charge in [0, 0.05) is 12.4 Å². The predicted octanol–water partition coefficient (Wildman–Crippen LogP) is 2.21. The van der Waals surface area contributed by atoms with Crippen LogP contribution in [0.1, 0.15) is 23.7 Å². The van der Waals surface area contributed by atoms with E-state index >= 15 is 0 Å². The maximum atomic E-state index is 12.1. The fourth-order valence-electron chi connectivity index (χ4n) is 1.98. The van der Waals surface area contributed by atoms with Crippen LogP contribution < -0.4 is 10.1 Å². The third-order valence-corrected chi connectivity index (χ3v) is 3.22. The first-order valence-electron chi connectivity index (χ1n) is 7.77. The molecule has 1 aromatic carbocycles. The van der Waals surface area contributed by atoms with E-state index in [0.717, 1.165) is 0 Å². The smallest absolute Gasteiger partial charge is 0.339 e. The van der Waals surface area contributed by atoms with E-state index in [1.165, 1.54) is 6.20 Å². The Bertz CT molecular complexity index is 647. The average molecular weight is 328 g/mol. The van der Waals surface area contributed by atoms with E-state index in [9.17, 15) is 9.59 Å². The number of hydrogen-bond donors (Lipinski definition) is 1. The van der Waals surface area contributed by atoms with Crippen LogP contribution in [-0.2, 0) is 9.53 Å². The second kappa shape index (κ2) is 9.29. The Hall–Kier alpha value is -2.89. The maximum absolute atomic E-state index is 12.1. The minimum atomic E-state index is -0.582. The van der Waals surface area contributed by atoms with Crippen LogP contribution >= 0.6 is 0 Å².